The number of nitrogens with zero attached hydrogens (tertiary/aromatic N) is 4. The van der Waals surface area contributed by atoms with Gasteiger partial charge in [-0.25, -0.2) is 13.4 Å². The SMILES string of the molecule is CN(C)C(=O)C1CCN(c2ccc(S(=O)(=O)N3CCCC3)cn2)CC1. The summed E-state index contributed by atoms with van der Waals surface area (Å²) in [6.45, 7) is 2.71. The number of sulfonamides is 1. The number of rotatable bonds is 4. The van der Waals surface area contributed by atoms with E-state index >= 15 is 0 Å². The average molecular weight is 366 g/mol. The summed E-state index contributed by atoms with van der Waals surface area (Å²) in [4.78, 5) is 20.4. The van der Waals surface area contributed by atoms with Crippen LogP contribution in [0.2, 0.25) is 0 Å². The van der Waals surface area contributed by atoms with Crippen molar-refractivity contribution in [3.63, 3.8) is 0 Å². The van der Waals surface area contributed by atoms with Crippen LogP contribution in [0.1, 0.15) is 25.7 Å². The zero-order valence-corrected chi connectivity index (χ0v) is 15.7. The van der Waals surface area contributed by atoms with Crippen molar-refractivity contribution >= 4 is 21.7 Å². The van der Waals surface area contributed by atoms with Gasteiger partial charge in [0.15, 0.2) is 0 Å². The monoisotopic (exact) mass is 366 g/mol. The Balaban J connectivity index is 1.65. The third-order valence-corrected chi connectivity index (χ3v) is 6.91. The molecule has 7 nitrogen and oxygen atoms in total. The van der Waals surface area contributed by atoms with Gasteiger partial charge in [0.25, 0.3) is 0 Å². The van der Waals surface area contributed by atoms with Crippen LogP contribution in [-0.2, 0) is 14.8 Å². The molecule has 0 bridgehead atoms. The average Bonchev–Trinajstić information content (AvgIpc) is 3.17. The van der Waals surface area contributed by atoms with Gasteiger partial charge in [0.05, 0.1) is 0 Å². The van der Waals surface area contributed by atoms with Crippen LogP contribution >= 0.6 is 0 Å². The molecule has 8 heteroatoms. The van der Waals surface area contributed by atoms with Crippen LogP contribution in [-0.4, -0.2) is 68.8 Å². The number of aromatic nitrogens is 1. The van der Waals surface area contributed by atoms with E-state index in [0.29, 0.717) is 13.1 Å². The maximum absolute atomic E-state index is 12.5. The Morgan fingerprint density at radius 2 is 1.76 bits per heavy atom. The zero-order valence-electron chi connectivity index (χ0n) is 14.9. The minimum atomic E-state index is -3.41. The molecular weight excluding hydrogens is 340 g/mol. The predicted octanol–water partition coefficient (Wildman–Crippen LogP) is 1.17. The van der Waals surface area contributed by atoms with Gasteiger partial charge in [-0.15, -0.1) is 0 Å². The Labute approximate surface area is 149 Å². The molecular formula is C17H26N4O3S. The Kier molecular flexibility index (Phi) is 5.29. The van der Waals surface area contributed by atoms with Crippen molar-refractivity contribution in [3.05, 3.63) is 18.3 Å². The highest BCUT2D eigenvalue weighted by atomic mass is 32.2. The maximum atomic E-state index is 12.5. The molecule has 1 aromatic rings. The number of carbonyl (C=O) groups excluding carboxylic acids is 1. The van der Waals surface area contributed by atoms with E-state index < -0.39 is 10.0 Å². The van der Waals surface area contributed by atoms with Crippen molar-refractivity contribution in [2.45, 2.75) is 30.6 Å². The van der Waals surface area contributed by atoms with Gasteiger partial charge in [0.1, 0.15) is 10.7 Å². The van der Waals surface area contributed by atoms with Crippen LogP contribution in [0.4, 0.5) is 5.82 Å². The molecule has 25 heavy (non-hydrogen) atoms. The van der Waals surface area contributed by atoms with Crippen LogP contribution in [0.25, 0.3) is 0 Å². The first-order valence-corrected chi connectivity index (χ1v) is 10.3. The fraction of sp³-hybridized carbons (Fsp3) is 0.647. The quantitative estimate of drug-likeness (QED) is 0.800. The molecule has 3 heterocycles. The molecule has 0 radical (unpaired) electrons. The first-order chi connectivity index (χ1) is 11.9. The molecule has 138 valence electrons. The first-order valence-electron chi connectivity index (χ1n) is 8.82. The van der Waals surface area contributed by atoms with Gasteiger partial charge in [-0.2, -0.15) is 4.31 Å². The number of hydrogen-bond donors (Lipinski definition) is 0. The lowest BCUT2D eigenvalue weighted by Crippen LogP contribution is -2.40. The molecule has 2 aliphatic heterocycles. The van der Waals surface area contributed by atoms with Crippen molar-refractivity contribution in [1.82, 2.24) is 14.2 Å². The molecule has 2 aliphatic rings. The van der Waals surface area contributed by atoms with E-state index in [4.69, 9.17) is 0 Å². The topological polar surface area (TPSA) is 73.8 Å². The normalized spacial score (nSPS) is 20.0. The van der Waals surface area contributed by atoms with Crippen molar-refractivity contribution in [2.75, 3.05) is 45.2 Å². The largest absolute Gasteiger partial charge is 0.357 e. The molecule has 2 saturated heterocycles. The highest BCUT2D eigenvalue weighted by molar-refractivity contribution is 7.89. The molecule has 0 spiro atoms. The summed E-state index contributed by atoms with van der Waals surface area (Å²) < 4.78 is 26.6. The van der Waals surface area contributed by atoms with E-state index in [1.165, 1.54) is 10.5 Å². The predicted molar refractivity (Wildman–Crippen MR) is 95.9 cm³/mol. The number of pyridine rings is 1. The molecule has 0 aliphatic carbocycles. The molecule has 0 unspecified atom stereocenters. The lowest BCUT2D eigenvalue weighted by molar-refractivity contribution is -0.133. The molecule has 0 saturated carbocycles. The Bertz CT molecular complexity index is 704. The molecule has 1 amide bonds. The van der Waals surface area contributed by atoms with E-state index in [-0.39, 0.29) is 16.7 Å². The zero-order chi connectivity index (χ0) is 18.0. The third-order valence-electron chi connectivity index (χ3n) is 5.03. The van der Waals surface area contributed by atoms with Crippen molar-refractivity contribution < 1.29 is 13.2 Å². The highest BCUT2D eigenvalue weighted by Crippen LogP contribution is 2.25. The fourth-order valence-electron chi connectivity index (χ4n) is 3.51. The lowest BCUT2D eigenvalue weighted by atomic mass is 9.95. The van der Waals surface area contributed by atoms with Gasteiger partial charge >= 0.3 is 0 Å². The number of amides is 1. The van der Waals surface area contributed by atoms with Crippen molar-refractivity contribution in [3.8, 4) is 0 Å². The Morgan fingerprint density at radius 1 is 1.12 bits per heavy atom. The molecule has 0 aromatic carbocycles. The van der Waals surface area contributed by atoms with Gasteiger partial charge in [-0.1, -0.05) is 0 Å². The molecule has 0 atom stereocenters. The standard InChI is InChI=1S/C17H26N4O3S/c1-19(2)17(22)14-7-11-20(12-8-14)16-6-5-15(13-18-16)25(23,24)21-9-3-4-10-21/h5-6,13-14H,3-4,7-12H2,1-2H3. The van der Waals surface area contributed by atoms with E-state index in [2.05, 4.69) is 9.88 Å². The molecule has 3 rings (SSSR count). The van der Waals surface area contributed by atoms with Gasteiger partial charge in [-0.05, 0) is 37.8 Å². The minimum absolute atomic E-state index is 0.0704. The summed E-state index contributed by atoms with van der Waals surface area (Å²) in [5.74, 6) is 1.02. The maximum Gasteiger partial charge on any atom is 0.244 e. The summed E-state index contributed by atoms with van der Waals surface area (Å²) in [5.41, 5.74) is 0. The van der Waals surface area contributed by atoms with Crippen LogP contribution in [0.15, 0.2) is 23.2 Å². The molecule has 0 N–H and O–H groups in total. The van der Waals surface area contributed by atoms with E-state index in [1.807, 2.05) is 0 Å². The van der Waals surface area contributed by atoms with Crippen LogP contribution in [0, 0.1) is 5.92 Å². The van der Waals surface area contributed by atoms with Crippen LogP contribution in [0.5, 0.6) is 0 Å². The Morgan fingerprint density at radius 3 is 2.28 bits per heavy atom. The minimum Gasteiger partial charge on any atom is -0.357 e. The number of anilines is 1. The second kappa shape index (κ2) is 7.29. The second-order valence-electron chi connectivity index (χ2n) is 6.96. The third kappa shape index (κ3) is 3.79. The van der Waals surface area contributed by atoms with Gasteiger partial charge in [-0.3, -0.25) is 4.79 Å². The molecule has 1 aromatic heterocycles. The molecule has 2 fully saturated rings. The van der Waals surface area contributed by atoms with Crippen LogP contribution in [0.3, 0.4) is 0 Å². The number of hydrogen-bond acceptors (Lipinski definition) is 5. The highest BCUT2D eigenvalue weighted by Gasteiger charge is 2.29. The van der Waals surface area contributed by atoms with Gasteiger partial charge < -0.3 is 9.80 Å². The summed E-state index contributed by atoms with van der Waals surface area (Å²) in [6, 6.07) is 3.42. The van der Waals surface area contributed by atoms with E-state index in [0.717, 1.165) is 44.6 Å². The lowest BCUT2D eigenvalue weighted by Gasteiger charge is -2.33. The van der Waals surface area contributed by atoms with E-state index in [9.17, 15) is 13.2 Å². The summed E-state index contributed by atoms with van der Waals surface area (Å²) in [7, 11) is 0.161. The fourth-order valence-corrected chi connectivity index (χ4v) is 4.97. The first kappa shape index (κ1) is 18.1. The van der Waals surface area contributed by atoms with Crippen molar-refractivity contribution in [1.29, 1.82) is 0 Å². The second-order valence-corrected chi connectivity index (χ2v) is 8.90. The van der Waals surface area contributed by atoms with Gasteiger partial charge in [0.2, 0.25) is 15.9 Å². The van der Waals surface area contributed by atoms with Crippen LogP contribution < -0.4 is 4.90 Å². The van der Waals surface area contributed by atoms with E-state index in [1.54, 1.807) is 31.1 Å². The number of carbonyl (C=O) groups is 1. The smallest absolute Gasteiger partial charge is 0.244 e. The summed E-state index contributed by atoms with van der Waals surface area (Å²) >= 11 is 0. The van der Waals surface area contributed by atoms with Crippen molar-refractivity contribution in [2.24, 2.45) is 5.92 Å². The summed E-state index contributed by atoms with van der Waals surface area (Å²) in [6.07, 6.45) is 4.90. The Hall–Kier alpha value is -1.67. The van der Waals surface area contributed by atoms with Gasteiger partial charge in [0, 0.05) is 52.4 Å². The summed E-state index contributed by atoms with van der Waals surface area (Å²) in [5, 5.41) is 0. The number of piperidine rings is 1.